The summed E-state index contributed by atoms with van der Waals surface area (Å²) >= 11 is 11.1. The van der Waals surface area contributed by atoms with Crippen LogP contribution in [0.4, 0.5) is 4.39 Å². The molecule has 0 heterocycles. The van der Waals surface area contributed by atoms with Crippen molar-refractivity contribution in [2.24, 2.45) is 0 Å². The number of hydrogen-bond acceptors (Lipinski definition) is 1. The van der Waals surface area contributed by atoms with Crippen LogP contribution in [0.25, 0.3) is 0 Å². The van der Waals surface area contributed by atoms with Gasteiger partial charge in [-0.25, -0.2) is 4.39 Å². The summed E-state index contributed by atoms with van der Waals surface area (Å²) in [7, 11) is 0. The minimum absolute atomic E-state index is 0.0173. The number of carbonyl (C=O) groups excluding carboxylic acids is 1. The van der Waals surface area contributed by atoms with Crippen molar-refractivity contribution in [2.45, 2.75) is 19.3 Å². The Labute approximate surface area is 110 Å². The highest BCUT2D eigenvalue weighted by Crippen LogP contribution is 2.15. The van der Waals surface area contributed by atoms with Crippen LogP contribution in [-0.4, -0.2) is 18.3 Å². The van der Waals surface area contributed by atoms with Gasteiger partial charge in [-0.2, -0.15) is 0 Å². The van der Waals surface area contributed by atoms with Crippen molar-refractivity contribution in [1.82, 2.24) is 5.32 Å². The van der Waals surface area contributed by atoms with Crippen molar-refractivity contribution in [3.05, 3.63) is 34.6 Å². The molecule has 0 aliphatic rings. The summed E-state index contributed by atoms with van der Waals surface area (Å²) in [5, 5.41) is 2.73. The molecule has 0 bridgehead atoms. The van der Waals surface area contributed by atoms with Crippen molar-refractivity contribution in [1.29, 1.82) is 0 Å². The first kappa shape index (κ1) is 14.3. The number of halogens is 3. The quantitative estimate of drug-likeness (QED) is 0.625. The number of rotatable bonds is 6. The lowest BCUT2D eigenvalue weighted by atomic mass is 10.2. The van der Waals surface area contributed by atoms with Crippen LogP contribution in [0.15, 0.2) is 18.2 Å². The van der Waals surface area contributed by atoms with Gasteiger partial charge in [0.2, 0.25) is 0 Å². The summed E-state index contributed by atoms with van der Waals surface area (Å²) in [6.07, 6.45) is 2.78. The largest absolute Gasteiger partial charge is 0.352 e. The highest BCUT2D eigenvalue weighted by atomic mass is 35.5. The molecular formula is C12H14Cl2FNO. The molecule has 2 nitrogen and oxygen atoms in total. The molecule has 1 N–H and O–H groups in total. The molecule has 0 aromatic heterocycles. The number of hydrogen-bond donors (Lipinski definition) is 1. The highest BCUT2D eigenvalue weighted by molar-refractivity contribution is 6.30. The van der Waals surface area contributed by atoms with Gasteiger partial charge < -0.3 is 5.32 Å². The lowest BCUT2D eigenvalue weighted by Gasteiger charge is -2.05. The lowest BCUT2D eigenvalue weighted by molar-refractivity contribution is 0.0952. The second kappa shape index (κ2) is 7.51. The standard InChI is InChI=1S/C12H14Cl2FNO/c13-6-2-1-3-7-16-12(17)9-4-5-10(14)11(15)8-9/h4-5,8H,1-3,6-7H2,(H,16,17). The molecule has 0 spiro atoms. The summed E-state index contributed by atoms with van der Waals surface area (Å²) < 4.78 is 13.1. The summed E-state index contributed by atoms with van der Waals surface area (Å²) in [5.41, 5.74) is 0.282. The van der Waals surface area contributed by atoms with E-state index in [1.807, 2.05) is 0 Å². The maximum Gasteiger partial charge on any atom is 0.251 e. The van der Waals surface area contributed by atoms with Crippen LogP contribution in [0.5, 0.6) is 0 Å². The second-order valence-electron chi connectivity index (χ2n) is 3.63. The van der Waals surface area contributed by atoms with Crippen LogP contribution < -0.4 is 5.32 Å². The van der Waals surface area contributed by atoms with Gasteiger partial charge in [-0.05, 0) is 31.0 Å². The molecule has 94 valence electrons. The van der Waals surface area contributed by atoms with Gasteiger partial charge in [-0.3, -0.25) is 4.79 Å². The van der Waals surface area contributed by atoms with E-state index in [1.54, 1.807) is 0 Å². The number of unbranched alkanes of at least 4 members (excludes halogenated alkanes) is 2. The summed E-state index contributed by atoms with van der Waals surface area (Å²) in [5.74, 6) is -0.232. The number of amides is 1. The van der Waals surface area contributed by atoms with Gasteiger partial charge in [0.05, 0.1) is 5.02 Å². The second-order valence-corrected chi connectivity index (χ2v) is 4.42. The molecule has 0 atom stereocenters. The van der Waals surface area contributed by atoms with E-state index < -0.39 is 5.82 Å². The van der Waals surface area contributed by atoms with Crippen molar-refractivity contribution in [3.63, 3.8) is 0 Å². The number of carbonyl (C=O) groups is 1. The first-order chi connectivity index (χ1) is 8.15. The Bertz CT molecular complexity index is 385. The molecule has 0 radical (unpaired) electrons. The van der Waals surface area contributed by atoms with E-state index in [-0.39, 0.29) is 16.5 Å². The van der Waals surface area contributed by atoms with Crippen LogP contribution in [0.2, 0.25) is 5.02 Å². The lowest BCUT2D eigenvalue weighted by Crippen LogP contribution is -2.24. The molecule has 0 saturated carbocycles. The zero-order valence-electron chi connectivity index (χ0n) is 9.31. The Hall–Kier alpha value is -0.800. The van der Waals surface area contributed by atoms with Gasteiger partial charge in [0, 0.05) is 18.0 Å². The third-order valence-electron chi connectivity index (χ3n) is 2.28. The molecule has 17 heavy (non-hydrogen) atoms. The minimum Gasteiger partial charge on any atom is -0.352 e. The molecule has 1 aromatic rings. The van der Waals surface area contributed by atoms with Crippen molar-refractivity contribution in [2.75, 3.05) is 12.4 Å². The zero-order chi connectivity index (χ0) is 12.7. The average molecular weight is 278 g/mol. The van der Waals surface area contributed by atoms with Crippen molar-refractivity contribution in [3.8, 4) is 0 Å². The third-order valence-corrected chi connectivity index (χ3v) is 2.85. The average Bonchev–Trinajstić information content (AvgIpc) is 2.32. The number of nitrogens with one attached hydrogen (secondary N) is 1. The molecule has 0 aliphatic heterocycles. The zero-order valence-corrected chi connectivity index (χ0v) is 10.8. The fraction of sp³-hybridized carbons (Fsp3) is 0.417. The monoisotopic (exact) mass is 277 g/mol. The van der Waals surface area contributed by atoms with E-state index in [1.165, 1.54) is 12.1 Å². The SMILES string of the molecule is O=C(NCCCCCCl)c1ccc(Cl)c(F)c1. The van der Waals surface area contributed by atoms with Crippen LogP contribution in [-0.2, 0) is 0 Å². The van der Waals surface area contributed by atoms with Crippen molar-refractivity contribution >= 4 is 29.1 Å². The van der Waals surface area contributed by atoms with Crippen LogP contribution in [0.3, 0.4) is 0 Å². The Kier molecular flexibility index (Phi) is 6.30. The number of alkyl halides is 1. The topological polar surface area (TPSA) is 29.1 Å². The van der Waals surface area contributed by atoms with E-state index in [0.717, 1.165) is 25.3 Å². The van der Waals surface area contributed by atoms with E-state index in [9.17, 15) is 9.18 Å². The summed E-state index contributed by atoms with van der Waals surface area (Å²) in [4.78, 5) is 11.6. The van der Waals surface area contributed by atoms with Crippen LogP contribution in [0, 0.1) is 5.82 Å². The maximum absolute atomic E-state index is 13.1. The minimum atomic E-state index is -0.582. The van der Waals surface area contributed by atoms with Gasteiger partial charge in [-0.1, -0.05) is 18.0 Å². The van der Waals surface area contributed by atoms with Crippen molar-refractivity contribution < 1.29 is 9.18 Å². The van der Waals surface area contributed by atoms with Crippen LogP contribution >= 0.6 is 23.2 Å². The normalized spacial score (nSPS) is 10.3. The first-order valence-corrected chi connectivity index (χ1v) is 6.35. The highest BCUT2D eigenvalue weighted by Gasteiger charge is 2.07. The molecule has 0 saturated heterocycles. The molecule has 5 heteroatoms. The third kappa shape index (κ3) is 4.92. The van der Waals surface area contributed by atoms with Gasteiger partial charge in [0.1, 0.15) is 5.82 Å². The smallest absolute Gasteiger partial charge is 0.251 e. The van der Waals surface area contributed by atoms with E-state index >= 15 is 0 Å². The predicted molar refractivity (Wildman–Crippen MR) is 68.3 cm³/mol. The molecule has 1 amide bonds. The van der Waals surface area contributed by atoms with Gasteiger partial charge in [-0.15, -0.1) is 11.6 Å². The van der Waals surface area contributed by atoms with Gasteiger partial charge in [0.15, 0.2) is 0 Å². The molecule has 1 rings (SSSR count). The molecule has 0 unspecified atom stereocenters. The Morgan fingerprint density at radius 1 is 1.29 bits per heavy atom. The Morgan fingerprint density at radius 3 is 2.71 bits per heavy atom. The summed E-state index contributed by atoms with van der Waals surface area (Å²) in [6.45, 7) is 0.569. The molecular weight excluding hydrogens is 264 g/mol. The van der Waals surface area contributed by atoms with Crippen LogP contribution in [0.1, 0.15) is 29.6 Å². The van der Waals surface area contributed by atoms with E-state index in [0.29, 0.717) is 12.4 Å². The molecule has 1 aromatic carbocycles. The Balaban J connectivity index is 2.39. The van der Waals surface area contributed by atoms with E-state index in [2.05, 4.69) is 5.32 Å². The first-order valence-electron chi connectivity index (χ1n) is 5.44. The number of benzene rings is 1. The van der Waals surface area contributed by atoms with Gasteiger partial charge >= 0.3 is 0 Å². The van der Waals surface area contributed by atoms with Gasteiger partial charge in [0.25, 0.3) is 5.91 Å². The maximum atomic E-state index is 13.1. The molecule has 0 fully saturated rings. The predicted octanol–water partition coefficient (Wildman–Crippen LogP) is 3.62. The molecule has 0 aliphatic carbocycles. The Morgan fingerprint density at radius 2 is 2.06 bits per heavy atom. The fourth-order valence-electron chi connectivity index (χ4n) is 1.34. The van der Waals surface area contributed by atoms with E-state index in [4.69, 9.17) is 23.2 Å². The fourth-order valence-corrected chi connectivity index (χ4v) is 1.64. The summed E-state index contributed by atoms with van der Waals surface area (Å²) in [6, 6.07) is 4.01.